The summed E-state index contributed by atoms with van der Waals surface area (Å²) in [5, 5.41) is 14.7. The van der Waals surface area contributed by atoms with Crippen LogP contribution in [0.3, 0.4) is 0 Å². The molecule has 2 aromatic carbocycles. The van der Waals surface area contributed by atoms with Crippen LogP contribution >= 0.6 is 0 Å². The van der Waals surface area contributed by atoms with E-state index in [1.165, 1.54) is 5.56 Å². The summed E-state index contributed by atoms with van der Waals surface area (Å²) < 4.78 is 0. The maximum absolute atomic E-state index is 12.7. The van der Waals surface area contributed by atoms with Gasteiger partial charge in [-0.15, -0.1) is 0 Å². The van der Waals surface area contributed by atoms with Crippen LogP contribution in [-0.4, -0.2) is 41.9 Å². The first-order valence-electron chi connectivity index (χ1n) is 11.3. The van der Waals surface area contributed by atoms with Gasteiger partial charge in [-0.1, -0.05) is 23.8 Å². The number of hydrogen-bond donors (Lipinski definition) is 3. The predicted molar refractivity (Wildman–Crippen MR) is 130 cm³/mol. The van der Waals surface area contributed by atoms with E-state index >= 15 is 0 Å². The Morgan fingerprint density at radius 2 is 1.79 bits per heavy atom. The fourth-order valence-electron chi connectivity index (χ4n) is 4.31. The van der Waals surface area contributed by atoms with Crippen molar-refractivity contribution in [3.05, 3.63) is 75.4 Å². The number of anilines is 1. The van der Waals surface area contributed by atoms with Crippen molar-refractivity contribution in [2.45, 2.75) is 40.2 Å². The molecule has 34 heavy (non-hydrogen) atoms. The number of carboxylic acids is 1. The van der Waals surface area contributed by atoms with Gasteiger partial charge in [0.2, 0.25) is 0 Å². The second kappa shape index (κ2) is 9.61. The quantitative estimate of drug-likeness (QED) is 0.569. The summed E-state index contributed by atoms with van der Waals surface area (Å²) in [5.74, 6) is -0.967. The van der Waals surface area contributed by atoms with Gasteiger partial charge in [0.15, 0.2) is 5.84 Å². The number of aliphatic imine (C=N–C) groups is 1. The highest BCUT2D eigenvalue weighted by Crippen LogP contribution is 2.32. The van der Waals surface area contributed by atoms with E-state index in [1.807, 2.05) is 18.7 Å². The Labute approximate surface area is 198 Å². The van der Waals surface area contributed by atoms with Crippen molar-refractivity contribution >= 4 is 29.4 Å². The van der Waals surface area contributed by atoms with E-state index in [2.05, 4.69) is 34.7 Å². The van der Waals surface area contributed by atoms with Gasteiger partial charge < -0.3 is 15.3 Å². The number of carbonyl (C=O) groups excluding carboxylic acids is 2. The lowest BCUT2D eigenvalue weighted by atomic mass is 9.92. The Bertz CT molecular complexity index is 1230. The molecule has 4 rings (SSSR count). The van der Waals surface area contributed by atoms with Crippen molar-refractivity contribution in [3.63, 3.8) is 0 Å². The molecule has 0 aromatic heterocycles. The number of benzene rings is 2. The average Bonchev–Trinajstić information content (AvgIpc) is 2.79. The number of amides is 3. The molecule has 0 radical (unpaired) electrons. The smallest absolute Gasteiger partial charge is 0.349 e. The molecule has 176 valence electrons. The minimum Gasteiger partial charge on any atom is -0.478 e. The third-order valence-electron chi connectivity index (χ3n) is 6.36. The molecule has 3 amide bonds. The van der Waals surface area contributed by atoms with E-state index in [4.69, 9.17) is 5.11 Å². The topological polar surface area (TPSA) is 111 Å². The second-order valence-electron chi connectivity index (χ2n) is 8.75. The normalized spacial score (nSPS) is 17.9. The van der Waals surface area contributed by atoms with E-state index < -0.39 is 17.9 Å². The lowest BCUT2D eigenvalue weighted by molar-refractivity contribution is -0.116. The number of hydrogen-bond acceptors (Lipinski definition) is 5. The largest absolute Gasteiger partial charge is 0.478 e. The number of carbonyl (C=O) groups is 3. The van der Waals surface area contributed by atoms with Crippen LogP contribution in [0, 0.1) is 13.8 Å². The molecule has 2 aromatic rings. The van der Waals surface area contributed by atoms with E-state index in [0.29, 0.717) is 37.5 Å². The number of nitrogens with one attached hydrogen (secondary N) is 2. The summed E-state index contributed by atoms with van der Waals surface area (Å²) in [6, 6.07) is 10.4. The lowest BCUT2D eigenvalue weighted by Gasteiger charge is -2.33. The maximum Gasteiger partial charge on any atom is 0.349 e. The summed E-state index contributed by atoms with van der Waals surface area (Å²) >= 11 is 0. The zero-order valence-corrected chi connectivity index (χ0v) is 19.6. The third kappa shape index (κ3) is 4.77. The van der Waals surface area contributed by atoms with Gasteiger partial charge in [-0.2, -0.15) is 4.99 Å². The number of rotatable bonds is 6. The molecule has 0 bridgehead atoms. The first-order chi connectivity index (χ1) is 16.2. The average molecular weight is 461 g/mol. The molecule has 8 nitrogen and oxygen atoms in total. The molecular weight excluding hydrogens is 432 g/mol. The number of fused-ring (bicyclic) bond motifs is 2. The fourth-order valence-corrected chi connectivity index (χ4v) is 4.31. The van der Waals surface area contributed by atoms with Crippen molar-refractivity contribution in [2.24, 2.45) is 4.99 Å². The Morgan fingerprint density at radius 3 is 2.50 bits per heavy atom. The number of allylic oxidation sites excluding steroid dienone is 1. The lowest BCUT2D eigenvalue weighted by Crippen LogP contribution is -2.48. The molecule has 0 unspecified atom stereocenters. The van der Waals surface area contributed by atoms with Crippen molar-refractivity contribution < 1.29 is 19.5 Å². The van der Waals surface area contributed by atoms with Gasteiger partial charge >= 0.3 is 12.0 Å². The number of carboxylic acid groups (broad SMARTS) is 1. The molecule has 3 N–H and O–H groups in total. The minimum atomic E-state index is -0.952. The maximum atomic E-state index is 12.7. The summed E-state index contributed by atoms with van der Waals surface area (Å²) in [6.07, 6.45) is 1.50. The summed E-state index contributed by atoms with van der Waals surface area (Å²) in [6.45, 7) is 7.67. The summed E-state index contributed by atoms with van der Waals surface area (Å²) in [7, 11) is 0. The molecule has 0 saturated carbocycles. The van der Waals surface area contributed by atoms with Crippen LogP contribution in [0.1, 0.15) is 46.0 Å². The van der Waals surface area contributed by atoms with Crippen molar-refractivity contribution in [3.8, 4) is 0 Å². The number of nitrogens with zero attached hydrogens (tertiary/aromatic N) is 2. The molecule has 0 atom stereocenters. The van der Waals surface area contributed by atoms with Crippen molar-refractivity contribution in [1.29, 1.82) is 0 Å². The summed E-state index contributed by atoms with van der Waals surface area (Å²) in [5.41, 5.74) is 7.03. The number of aryl methyl sites for hydroxylation is 3. The van der Waals surface area contributed by atoms with E-state index in [-0.39, 0.29) is 5.56 Å². The second-order valence-corrected chi connectivity index (χ2v) is 8.75. The zero-order valence-electron chi connectivity index (χ0n) is 19.6. The van der Waals surface area contributed by atoms with E-state index in [0.717, 1.165) is 34.4 Å². The molecule has 2 aliphatic rings. The first-order valence-corrected chi connectivity index (χ1v) is 11.3. The number of amidine groups is 1. The molecule has 8 heteroatoms. The number of aromatic carboxylic acids is 1. The Balaban J connectivity index is 1.61. The van der Waals surface area contributed by atoms with Crippen LogP contribution in [0.4, 0.5) is 10.5 Å². The van der Waals surface area contributed by atoms with Gasteiger partial charge in [0, 0.05) is 25.3 Å². The number of imide groups is 1. The standard InChI is InChI=1S/C26H28N4O4/c1-15-4-7-20-12-16(2)17(3)13-21(20)30(23-22(15)24(31)29-26(34)28-23)11-10-27-14-18-5-8-19(9-6-18)25(32)33/h5-6,8-9,12-13,27H,4,7,10-11,14H2,1-3H3,(H,32,33)(H,29,31,34)/b22-15-. The first kappa shape index (κ1) is 23.4. The molecule has 2 aliphatic heterocycles. The van der Waals surface area contributed by atoms with Crippen molar-refractivity contribution in [2.75, 3.05) is 18.0 Å². The molecule has 2 heterocycles. The van der Waals surface area contributed by atoms with Crippen LogP contribution in [-0.2, 0) is 17.8 Å². The fraction of sp³-hybridized carbons (Fsp3) is 0.308. The zero-order chi connectivity index (χ0) is 24.4. The van der Waals surface area contributed by atoms with Gasteiger partial charge in [0.05, 0.1) is 11.1 Å². The van der Waals surface area contributed by atoms with Gasteiger partial charge in [0.1, 0.15) is 0 Å². The van der Waals surface area contributed by atoms with E-state index in [1.54, 1.807) is 24.3 Å². The highest BCUT2D eigenvalue weighted by Gasteiger charge is 2.33. The van der Waals surface area contributed by atoms with Gasteiger partial charge in [-0.25, -0.2) is 9.59 Å². The van der Waals surface area contributed by atoms with Gasteiger partial charge in [-0.05, 0) is 74.1 Å². The SMILES string of the molecule is C/C1=C2/C(=O)NC(=O)N=C2N(CCNCc2ccc(C(=O)O)cc2)c2cc(C)c(C)cc2CC1. The molecule has 0 aliphatic carbocycles. The van der Waals surface area contributed by atoms with Gasteiger partial charge in [-0.3, -0.25) is 10.1 Å². The summed E-state index contributed by atoms with van der Waals surface area (Å²) in [4.78, 5) is 42.1. The monoisotopic (exact) mass is 460 g/mol. The van der Waals surface area contributed by atoms with Crippen LogP contribution < -0.4 is 15.5 Å². The predicted octanol–water partition coefficient (Wildman–Crippen LogP) is 3.51. The highest BCUT2D eigenvalue weighted by molar-refractivity contribution is 6.33. The minimum absolute atomic E-state index is 0.250. The van der Waals surface area contributed by atoms with Crippen LogP contribution in [0.25, 0.3) is 0 Å². The van der Waals surface area contributed by atoms with Crippen molar-refractivity contribution in [1.82, 2.24) is 10.6 Å². The molecule has 0 spiro atoms. The van der Waals surface area contributed by atoms with Crippen LogP contribution in [0.15, 0.2) is 52.5 Å². The van der Waals surface area contributed by atoms with E-state index in [9.17, 15) is 14.4 Å². The van der Waals surface area contributed by atoms with Crippen LogP contribution in [0.5, 0.6) is 0 Å². The molecule has 0 fully saturated rings. The van der Waals surface area contributed by atoms with Crippen LogP contribution in [0.2, 0.25) is 0 Å². The van der Waals surface area contributed by atoms with Gasteiger partial charge in [0.25, 0.3) is 5.91 Å². The Kier molecular flexibility index (Phi) is 6.61. The number of urea groups is 1. The highest BCUT2D eigenvalue weighted by atomic mass is 16.4. The third-order valence-corrected chi connectivity index (χ3v) is 6.36. The Hall–Kier alpha value is -3.78. The molecular formula is C26H28N4O4. The molecule has 0 saturated heterocycles. The Morgan fingerprint density at radius 1 is 1.09 bits per heavy atom.